The van der Waals surface area contributed by atoms with Crippen molar-refractivity contribution in [1.82, 2.24) is 34.5 Å². The Morgan fingerprint density at radius 3 is 2.87 bits per heavy atom. The third-order valence-electron chi connectivity index (χ3n) is 7.21. The van der Waals surface area contributed by atoms with Crippen LogP contribution < -0.4 is 15.4 Å². The molecule has 0 radical (unpaired) electrons. The van der Waals surface area contributed by atoms with Gasteiger partial charge in [0.15, 0.2) is 5.82 Å². The molecule has 11 nitrogen and oxygen atoms in total. The van der Waals surface area contributed by atoms with Crippen LogP contribution in [0.5, 0.6) is 5.88 Å². The number of ether oxygens (including phenoxy) is 1. The summed E-state index contributed by atoms with van der Waals surface area (Å²) in [5.41, 5.74) is 2.58. The Labute approximate surface area is 226 Å². The Morgan fingerprint density at radius 2 is 2.10 bits per heavy atom. The Kier molecular flexibility index (Phi) is 7.49. The second-order valence-corrected chi connectivity index (χ2v) is 9.89. The van der Waals surface area contributed by atoms with E-state index in [1.807, 2.05) is 32.0 Å². The second kappa shape index (κ2) is 11.0. The molecule has 0 aliphatic carbocycles. The van der Waals surface area contributed by atoms with E-state index in [1.165, 1.54) is 0 Å². The van der Waals surface area contributed by atoms with Crippen molar-refractivity contribution in [2.45, 2.75) is 32.9 Å². The Morgan fingerprint density at radius 1 is 1.28 bits per heavy atom. The second-order valence-electron chi connectivity index (χ2n) is 9.89. The van der Waals surface area contributed by atoms with E-state index in [4.69, 9.17) is 4.74 Å². The molecule has 0 saturated carbocycles. The lowest BCUT2D eigenvalue weighted by Crippen LogP contribution is -2.55. The molecular weight excluding hydrogens is 501 g/mol. The number of para-hydroxylation sites is 1. The number of benzene rings is 1. The number of aromatic amines is 1. The number of rotatable bonds is 8. The van der Waals surface area contributed by atoms with E-state index < -0.39 is 5.82 Å². The molecule has 1 fully saturated rings. The first-order valence-electron chi connectivity index (χ1n) is 13.1. The van der Waals surface area contributed by atoms with Crippen molar-refractivity contribution in [3.8, 4) is 17.1 Å². The molecule has 4 aromatic rings. The fourth-order valence-electron chi connectivity index (χ4n) is 4.82. The van der Waals surface area contributed by atoms with Crippen molar-refractivity contribution >= 4 is 34.1 Å². The number of anilines is 3. The quantitative estimate of drug-likeness (QED) is 0.313. The summed E-state index contributed by atoms with van der Waals surface area (Å²) >= 11 is 0. The van der Waals surface area contributed by atoms with Crippen molar-refractivity contribution in [2.24, 2.45) is 7.05 Å². The third kappa shape index (κ3) is 5.43. The van der Waals surface area contributed by atoms with Gasteiger partial charge in [-0.05, 0) is 33.9 Å². The van der Waals surface area contributed by atoms with Crippen LogP contribution in [0.1, 0.15) is 20.8 Å². The number of carbonyl (C=O) groups is 1. The van der Waals surface area contributed by atoms with E-state index in [0.717, 1.165) is 31.2 Å². The molecule has 4 heterocycles. The topological polar surface area (TPSA) is 116 Å². The van der Waals surface area contributed by atoms with Crippen LogP contribution in [0.25, 0.3) is 22.2 Å². The van der Waals surface area contributed by atoms with Gasteiger partial charge in [-0.3, -0.25) is 14.4 Å². The maximum Gasteiger partial charge on any atom is 0.256 e. The fourth-order valence-corrected chi connectivity index (χ4v) is 4.82. The first-order chi connectivity index (χ1) is 18.7. The number of carbonyl (C=O) groups excluding carboxylic acids is 1. The van der Waals surface area contributed by atoms with Gasteiger partial charge in [-0.25, -0.2) is 14.4 Å². The smallest absolute Gasteiger partial charge is 0.256 e. The summed E-state index contributed by atoms with van der Waals surface area (Å²) in [6.07, 6.45) is 4.56. The molecule has 5 rings (SSSR count). The lowest BCUT2D eigenvalue weighted by atomic mass is 10.1. The van der Waals surface area contributed by atoms with Gasteiger partial charge in [0.2, 0.25) is 11.9 Å². The predicted molar refractivity (Wildman–Crippen MR) is 149 cm³/mol. The highest BCUT2D eigenvalue weighted by molar-refractivity contribution is 6.06. The molecule has 0 bridgehead atoms. The zero-order valence-corrected chi connectivity index (χ0v) is 22.8. The van der Waals surface area contributed by atoms with Crippen LogP contribution in [0.15, 0.2) is 36.8 Å². The van der Waals surface area contributed by atoms with Crippen molar-refractivity contribution in [1.29, 1.82) is 0 Å². The number of aryl methyl sites for hydroxylation is 1. The first-order valence-corrected chi connectivity index (χ1v) is 13.1. The zero-order chi connectivity index (χ0) is 27.7. The van der Waals surface area contributed by atoms with Gasteiger partial charge in [0.1, 0.15) is 11.4 Å². The molecular formula is C27H34FN9O2. The predicted octanol–water partition coefficient (Wildman–Crippen LogP) is 3.60. The summed E-state index contributed by atoms with van der Waals surface area (Å²) in [6, 6.07) is 5.63. The molecule has 0 spiro atoms. The molecule has 3 N–H and O–H groups in total. The minimum Gasteiger partial charge on any atom is -0.475 e. The number of H-pyrrole nitrogens is 1. The van der Waals surface area contributed by atoms with Crippen LogP contribution >= 0.6 is 0 Å². The van der Waals surface area contributed by atoms with Crippen molar-refractivity contribution < 1.29 is 13.9 Å². The molecule has 39 heavy (non-hydrogen) atoms. The zero-order valence-electron chi connectivity index (χ0n) is 22.8. The van der Waals surface area contributed by atoms with E-state index in [9.17, 15) is 9.18 Å². The molecule has 3 aromatic heterocycles. The Hall–Kier alpha value is -4.03. The molecule has 1 amide bonds. The van der Waals surface area contributed by atoms with Crippen LogP contribution in [0.3, 0.4) is 0 Å². The number of piperazine rings is 1. The lowest BCUT2D eigenvalue weighted by Gasteiger charge is -2.40. The van der Waals surface area contributed by atoms with Gasteiger partial charge >= 0.3 is 0 Å². The summed E-state index contributed by atoms with van der Waals surface area (Å²) in [5.74, 6) is -0.0433. The summed E-state index contributed by atoms with van der Waals surface area (Å²) in [6.45, 7) is 8.99. The molecule has 12 heteroatoms. The Balaban J connectivity index is 1.39. The molecule has 1 aromatic carbocycles. The maximum atomic E-state index is 15.0. The van der Waals surface area contributed by atoms with Crippen molar-refractivity contribution in [2.75, 3.05) is 43.9 Å². The van der Waals surface area contributed by atoms with Gasteiger partial charge in [0, 0.05) is 49.9 Å². The molecule has 1 unspecified atom stereocenters. The largest absolute Gasteiger partial charge is 0.475 e. The number of hydrogen-bond donors (Lipinski definition) is 3. The maximum absolute atomic E-state index is 15.0. The van der Waals surface area contributed by atoms with Gasteiger partial charge in [-0.2, -0.15) is 0 Å². The standard InChI is InChI=1S/C27H34FN9O2/c1-6-39-26-22(15-36(5)34-26)32-27-30-13-20(28)23(33-27)19-12-29-24-18(19)8-7-9-21(24)31-25(38)17(3)37-11-10-35(4)16(2)14-37/h7-9,12-13,15-17,29H,6,10-11,14H2,1-5H3,(H,31,38)(H,30,32,33)/t16-,17?/m1/s1. The molecule has 2 atom stereocenters. The normalized spacial score (nSPS) is 17.3. The number of amides is 1. The number of hydrogen-bond acceptors (Lipinski definition) is 8. The minimum atomic E-state index is -0.565. The summed E-state index contributed by atoms with van der Waals surface area (Å²) in [5, 5.41) is 11.1. The lowest BCUT2D eigenvalue weighted by molar-refractivity contribution is -0.121. The van der Waals surface area contributed by atoms with E-state index in [0.29, 0.717) is 41.0 Å². The number of nitrogens with zero attached hydrogens (tertiary/aromatic N) is 6. The highest BCUT2D eigenvalue weighted by Gasteiger charge is 2.28. The van der Waals surface area contributed by atoms with Crippen LogP contribution in [0.2, 0.25) is 0 Å². The van der Waals surface area contributed by atoms with Crippen LogP contribution in [0.4, 0.5) is 21.7 Å². The van der Waals surface area contributed by atoms with Gasteiger partial charge < -0.3 is 25.3 Å². The summed E-state index contributed by atoms with van der Waals surface area (Å²) in [7, 11) is 3.88. The minimum absolute atomic E-state index is 0.0864. The molecule has 1 aliphatic heterocycles. The highest BCUT2D eigenvalue weighted by atomic mass is 19.1. The number of nitrogens with one attached hydrogen (secondary N) is 3. The van der Waals surface area contributed by atoms with E-state index in [2.05, 4.69) is 54.5 Å². The molecule has 1 saturated heterocycles. The van der Waals surface area contributed by atoms with Crippen LogP contribution in [-0.4, -0.2) is 85.8 Å². The fraction of sp³-hybridized carbons (Fsp3) is 0.407. The highest BCUT2D eigenvalue weighted by Crippen LogP contribution is 2.34. The van der Waals surface area contributed by atoms with Crippen molar-refractivity contribution in [3.63, 3.8) is 0 Å². The van der Waals surface area contributed by atoms with E-state index in [1.54, 1.807) is 24.1 Å². The number of halogens is 1. The monoisotopic (exact) mass is 535 g/mol. The Bertz CT molecular complexity index is 1480. The van der Waals surface area contributed by atoms with Gasteiger partial charge in [-0.15, -0.1) is 5.10 Å². The van der Waals surface area contributed by atoms with E-state index >= 15 is 0 Å². The molecule has 206 valence electrons. The third-order valence-corrected chi connectivity index (χ3v) is 7.21. The first kappa shape index (κ1) is 26.6. The van der Waals surface area contributed by atoms with E-state index in [-0.39, 0.29) is 23.6 Å². The number of likely N-dealkylation sites (N-methyl/N-ethyl adjacent to an activating group) is 1. The average molecular weight is 536 g/mol. The number of fused-ring (bicyclic) bond motifs is 1. The van der Waals surface area contributed by atoms with Crippen LogP contribution in [0, 0.1) is 5.82 Å². The van der Waals surface area contributed by atoms with Crippen molar-refractivity contribution in [3.05, 3.63) is 42.6 Å². The van der Waals surface area contributed by atoms with Gasteiger partial charge in [0.05, 0.1) is 36.2 Å². The van der Waals surface area contributed by atoms with Gasteiger partial charge in [-0.1, -0.05) is 12.1 Å². The van der Waals surface area contributed by atoms with Gasteiger partial charge in [0.25, 0.3) is 5.88 Å². The number of aromatic nitrogens is 5. The molecule has 1 aliphatic rings. The summed E-state index contributed by atoms with van der Waals surface area (Å²) in [4.78, 5) is 29.4. The van der Waals surface area contributed by atoms with Crippen LogP contribution in [-0.2, 0) is 11.8 Å². The average Bonchev–Trinajstić information content (AvgIpc) is 3.50. The SMILES string of the molecule is CCOc1nn(C)cc1Nc1ncc(F)c(-c2c[nH]c3c(NC(=O)C(C)N4CCN(C)[C@H](C)C4)cccc23)n1. The summed E-state index contributed by atoms with van der Waals surface area (Å²) < 4.78 is 22.2.